The maximum absolute atomic E-state index is 12.8. The summed E-state index contributed by atoms with van der Waals surface area (Å²) in [4.78, 5) is 37.2. The van der Waals surface area contributed by atoms with Gasteiger partial charge in [0.1, 0.15) is 13.2 Å². The summed E-state index contributed by atoms with van der Waals surface area (Å²) in [6.45, 7) is 4.80. The van der Waals surface area contributed by atoms with Crippen molar-refractivity contribution in [2.75, 3.05) is 47.5 Å². The monoisotopic (exact) mass is 905 g/mol. The van der Waals surface area contributed by atoms with E-state index < -0.39 is 24.3 Å². The first-order valence-electron chi connectivity index (χ1n) is 26.7. The number of quaternary nitrogens is 1. The maximum atomic E-state index is 12.8. The zero-order chi connectivity index (χ0) is 47.0. The van der Waals surface area contributed by atoms with Gasteiger partial charge in [-0.25, -0.2) is 4.79 Å². The molecule has 2 unspecified atom stereocenters. The minimum Gasteiger partial charge on any atom is -0.477 e. The Bertz CT molecular complexity index is 1150. The Balaban J connectivity index is 4.10. The first-order chi connectivity index (χ1) is 31.1. The fraction of sp³-hybridized carbons (Fsp3) is 0.836. The smallest absolute Gasteiger partial charge is 0.361 e. The normalized spacial score (nSPS) is 13.1. The van der Waals surface area contributed by atoms with Gasteiger partial charge in [-0.05, 0) is 64.2 Å². The third-order valence-electron chi connectivity index (χ3n) is 11.6. The molecule has 0 spiro atoms. The van der Waals surface area contributed by atoms with Crippen LogP contribution in [0.3, 0.4) is 0 Å². The molecule has 2 atom stereocenters. The van der Waals surface area contributed by atoms with Gasteiger partial charge in [0.05, 0.1) is 34.4 Å². The molecular weight excluding hydrogens is 803 g/mol. The molecule has 0 bridgehead atoms. The van der Waals surface area contributed by atoms with Crippen molar-refractivity contribution in [3.05, 3.63) is 36.5 Å². The molecule has 0 aliphatic rings. The van der Waals surface area contributed by atoms with Gasteiger partial charge in [0.25, 0.3) is 6.29 Å². The number of hydrogen-bond acceptors (Lipinski definition) is 7. The summed E-state index contributed by atoms with van der Waals surface area (Å²) in [7, 11) is 5.96. The highest BCUT2D eigenvalue weighted by Crippen LogP contribution is 2.16. The number of ether oxygens (including phenoxy) is 4. The third-order valence-corrected chi connectivity index (χ3v) is 11.6. The van der Waals surface area contributed by atoms with Gasteiger partial charge in [-0.15, -0.1) is 0 Å². The molecule has 64 heavy (non-hydrogen) atoms. The molecule has 0 radical (unpaired) electrons. The lowest BCUT2D eigenvalue weighted by Gasteiger charge is -2.25. The van der Waals surface area contributed by atoms with E-state index >= 15 is 0 Å². The van der Waals surface area contributed by atoms with Crippen molar-refractivity contribution in [3.63, 3.8) is 0 Å². The van der Waals surface area contributed by atoms with Gasteiger partial charge in [0.2, 0.25) is 0 Å². The number of carboxylic acids is 1. The summed E-state index contributed by atoms with van der Waals surface area (Å²) in [5.74, 6) is -2.01. The number of nitrogens with zero attached hydrogens (tertiary/aromatic N) is 1. The quantitative estimate of drug-likeness (QED) is 0.0211. The molecule has 9 nitrogen and oxygen atoms in total. The summed E-state index contributed by atoms with van der Waals surface area (Å²) in [6, 6.07) is 0. The minimum atomic E-state index is -1.51. The van der Waals surface area contributed by atoms with E-state index in [-0.39, 0.29) is 32.2 Å². The van der Waals surface area contributed by atoms with Crippen LogP contribution in [0.1, 0.15) is 239 Å². The molecule has 0 heterocycles. The fourth-order valence-corrected chi connectivity index (χ4v) is 7.46. The van der Waals surface area contributed by atoms with Gasteiger partial charge >= 0.3 is 17.9 Å². The second-order valence-corrected chi connectivity index (χ2v) is 19.2. The Morgan fingerprint density at radius 1 is 0.469 bits per heavy atom. The summed E-state index contributed by atoms with van der Waals surface area (Å²) in [6.07, 6.45) is 52.4. The van der Waals surface area contributed by atoms with Gasteiger partial charge in [-0.2, -0.15) is 0 Å². The summed E-state index contributed by atoms with van der Waals surface area (Å²) in [5.41, 5.74) is 0. The topological polar surface area (TPSA) is 108 Å². The number of allylic oxidation sites excluding steroid dienone is 6. The van der Waals surface area contributed by atoms with Crippen LogP contribution in [-0.2, 0) is 33.3 Å². The molecule has 0 amide bonds. The number of carboxylic acid groups (broad SMARTS) is 1. The van der Waals surface area contributed by atoms with Gasteiger partial charge in [-0.3, -0.25) is 9.59 Å². The molecule has 0 aromatic rings. The molecule has 374 valence electrons. The number of rotatable bonds is 49. The van der Waals surface area contributed by atoms with E-state index in [0.717, 1.165) is 70.6 Å². The molecule has 0 aromatic heterocycles. The SMILES string of the molecule is CCC/C=C\CCCCCCCC(=O)OCC(COC(OCC[N+](C)(C)C)C(=O)O)OC(=O)CCCCCCCCCCCCCCCCCCC/C=C\C/C=C\CCCCCCC. The Morgan fingerprint density at radius 2 is 0.875 bits per heavy atom. The van der Waals surface area contributed by atoms with E-state index in [2.05, 4.69) is 50.3 Å². The molecule has 0 aliphatic heterocycles. The number of unbranched alkanes of at least 4 members (excludes halogenated alkanes) is 28. The maximum Gasteiger partial charge on any atom is 0.361 e. The second kappa shape index (κ2) is 47.0. The summed E-state index contributed by atoms with van der Waals surface area (Å²) >= 11 is 0. The minimum absolute atomic E-state index is 0.184. The summed E-state index contributed by atoms with van der Waals surface area (Å²) < 4.78 is 22.8. The van der Waals surface area contributed by atoms with E-state index in [1.165, 1.54) is 141 Å². The zero-order valence-corrected chi connectivity index (χ0v) is 42.4. The van der Waals surface area contributed by atoms with Crippen LogP contribution >= 0.6 is 0 Å². The van der Waals surface area contributed by atoms with Crippen molar-refractivity contribution in [3.8, 4) is 0 Å². The molecule has 1 N–H and O–H groups in total. The van der Waals surface area contributed by atoms with Crippen molar-refractivity contribution in [1.29, 1.82) is 0 Å². The van der Waals surface area contributed by atoms with E-state index in [0.29, 0.717) is 17.4 Å². The van der Waals surface area contributed by atoms with E-state index in [1.807, 2.05) is 21.1 Å². The highest BCUT2D eigenvalue weighted by molar-refractivity contribution is 5.71. The van der Waals surface area contributed by atoms with Crippen LogP contribution in [0.15, 0.2) is 36.5 Å². The van der Waals surface area contributed by atoms with Crippen LogP contribution in [0.2, 0.25) is 0 Å². The lowest BCUT2D eigenvalue weighted by molar-refractivity contribution is -0.870. The molecule has 0 saturated carbocycles. The van der Waals surface area contributed by atoms with Crippen LogP contribution in [0.25, 0.3) is 0 Å². The average molecular weight is 905 g/mol. The molecule has 0 saturated heterocycles. The van der Waals surface area contributed by atoms with Crippen molar-refractivity contribution < 1.29 is 42.9 Å². The molecular formula is C55H102NO8+. The number of hydrogen-bond donors (Lipinski definition) is 1. The molecule has 0 aliphatic carbocycles. The Kier molecular flexibility index (Phi) is 45.2. The van der Waals surface area contributed by atoms with E-state index in [4.69, 9.17) is 18.9 Å². The average Bonchev–Trinajstić information content (AvgIpc) is 3.26. The van der Waals surface area contributed by atoms with Gasteiger partial charge < -0.3 is 28.5 Å². The fourth-order valence-electron chi connectivity index (χ4n) is 7.46. The summed E-state index contributed by atoms with van der Waals surface area (Å²) in [5, 5.41) is 9.65. The largest absolute Gasteiger partial charge is 0.477 e. The van der Waals surface area contributed by atoms with E-state index in [9.17, 15) is 19.5 Å². The Labute approximate surface area is 394 Å². The van der Waals surface area contributed by atoms with E-state index in [1.54, 1.807) is 0 Å². The lowest BCUT2D eigenvalue weighted by Crippen LogP contribution is -2.40. The van der Waals surface area contributed by atoms with Crippen LogP contribution < -0.4 is 0 Å². The van der Waals surface area contributed by atoms with Crippen LogP contribution in [0.5, 0.6) is 0 Å². The van der Waals surface area contributed by atoms with Crippen molar-refractivity contribution in [1.82, 2.24) is 0 Å². The lowest BCUT2D eigenvalue weighted by atomic mass is 10.0. The molecule has 0 fully saturated rings. The standard InChI is InChI=1S/C55H101NO8/c1-6-8-10-12-14-16-18-19-20-21-22-23-24-25-26-27-28-29-30-31-32-33-34-35-36-38-40-42-44-46-53(58)64-51(50-63-55(54(59)60)61-48-47-56(3,4)5)49-62-52(57)45-43-41-39-37-17-15-13-11-9-7-2/h11,13,18-19,21-22,51,55H,6-10,12,14-17,20,23-50H2,1-5H3/p+1/b13-11-,19-18-,22-21-. The Hall–Kier alpha value is -2.49. The second-order valence-electron chi connectivity index (χ2n) is 19.2. The number of carbonyl (C=O) groups is 3. The first kappa shape index (κ1) is 61.5. The zero-order valence-electron chi connectivity index (χ0n) is 42.4. The molecule has 0 rings (SSSR count). The van der Waals surface area contributed by atoms with Crippen molar-refractivity contribution in [2.24, 2.45) is 0 Å². The van der Waals surface area contributed by atoms with Gasteiger partial charge in [0.15, 0.2) is 6.10 Å². The first-order valence-corrected chi connectivity index (χ1v) is 26.7. The number of esters is 2. The van der Waals surface area contributed by atoms with Crippen molar-refractivity contribution in [2.45, 2.75) is 251 Å². The third kappa shape index (κ3) is 47.5. The van der Waals surface area contributed by atoms with Gasteiger partial charge in [0, 0.05) is 12.8 Å². The number of likely N-dealkylation sites (N-methyl/N-ethyl adjacent to an activating group) is 1. The van der Waals surface area contributed by atoms with Gasteiger partial charge in [-0.1, -0.05) is 198 Å². The highest BCUT2D eigenvalue weighted by Gasteiger charge is 2.25. The predicted octanol–water partition coefficient (Wildman–Crippen LogP) is 15.0. The van der Waals surface area contributed by atoms with Crippen molar-refractivity contribution >= 4 is 17.9 Å². The number of carbonyl (C=O) groups excluding carboxylic acids is 2. The Morgan fingerprint density at radius 3 is 1.31 bits per heavy atom. The van der Waals surface area contributed by atoms with Crippen LogP contribution in [-0.4, -0.2) is 87.4 Å². The highest BCUT2D eigenvalue weighted by atomic mass is 16.7. The molecule has 0 aromatic carbocycles. The van der Waals surface area contributed by atoms with Crippen LogP contribution in [0, 0.1) is 0 Å². The predicted molar refractivity (Wildman–Crippen MR) is 267 cm³/mol. The van der Waals surface area contributed by atoms with Crippen LogP contribution in [0.4, 0.5) is 0 Å². The number of aliphatic carboxylic acids is 1. The molecule has 9 heteroatoms.